The smallest absolute Gasteiger partial charge is 0.227 e. The molecule has 0 amide bonds. The minimum absolute atomic E-state index is 0.206. The van der Waals surface area contributed by atoms with E-state index in [-0.39, 0.29) is 5.95 Å². The number of nitrogens with zero attached hydrogens (tertiary/aromatic N) is 3. The van der Waals surface area contributed by atoms with Gasteiger partial charge in [-0.1, -0.05) is 20.8 Å². The van der Waals surface area contributed by atoms with E-state index in [1.54, 1.807) is 0 Å². The number of rotatable bonds is 6. The van der Waals surface area contributed by atoms with Crippen LogP contribution in [0.1, 0.15) is 33.0 Å². The van der Waals surface area contributed by atoms with E-state index < -0.39 is 6.10 Å². The number of aliphatic hydroxyl groups excluding tert-OH is 1. The highest BCUT2D eigenvalue weighted by Gasteiger charge is 2.08. The van der Waals surface area contributed by atoms with Gasteiger partial charge in [0.2, 0.25) is 11.9 Å². The minimum atomic E-state index is -0.405. The molecule has 0 saturated heterocycles. The fraction of sp³-hybridized carbons (Fsp3) is 0.727. The molecule has 1 unspecified atom stereocenters. The summed E-state index contributed by atoms with van der Waals surface area (Å²) in [6.45, 7) is 6.51. The van der Waals surface area contributed by atoms with Crippen molar-refractivity contribution in [3.05, 3.63) is 5.82 Å². The fourth-order valence-electron chi connectivity index (χ4n) is 1.51. The zero-order valence-corrected chi connectivity index (χ0v) is 10.6. The second-order valence-corrected chi connectivity index (χ2v) is 4.45. The van der Waals surface area contributed by atoms with Gasteiger partial charge in [0.05, 0.1) is 6.10 Å². The maximum atomic E-state index is 9.71. The van der Waals surface area contributed by atoms with Crippen molar-refractivity contribution in [2.75, 3.05) is 17.6 Å². The molecule has 0 saturated carbocycles. The van der Waals surface area contributed by atoms with Gasteiger partial charge in [0, 0.05) is 13.0 Å². The molecule has 0 bridgehead atoms. The van der Waals surface area contributed by atoms with Crippen LogP contribution < -0.4 is 11.1 Å². The quantitative estimate of drug-likeness (QED) is 0.680. The molecule has 96 valence electrons. The van der Waals surface area contributed by atoms with Gasteiger partial charge >= 0.3 is 0 Å². The molecule has 1 rings (SSSR count). The Labute approximate surface area is 102 Å². The lowest BCUT2D eigenvalue weighted by atomic mass is 10.1. The molecule has 0 aliphatic rings. The predicted octanol–water partition coefficient (Wildman–Crippen LogP) is 0.835. The number of aliphatic hydroxyl groups is 1. The van der Waals surface area contributed by atoms with Crippen molar-refractivity contribution in [3.8, 4) is 0 Å². The molecule has 17 heavy (non-hydrogen) atoms. The Kier molecular flexibility index (Phi) is 5.09. The molecule has 0 spiro atoms. The first-order chi connectivity index (χ1) is 8.01. The van der Waals surface area contributed by atoms with Crippen LogP contribution in [0.15, 0.2) is 0 Å². The molecular formula is C11H21N5O. The van der Waals surface area contributed by atoms with Crippen molar-refractivity contribution in [1.82, 2.24) is 15.0 Å². The van der Waals surface area contributed by atoms with Crippen LogP contribution in [0.25, 0.3) is 0 Å². The van der Waals surface area contributed by atoms with E-state index in [1.807, 2.05) is 6.92 Å². The number of nitrogens with one attached hydrogen (secondary N) is 1. The van der Waals surface area contributed by atoms with E-state index in [0.29, 0.717) is 30.7 Å². The molecule has 0 fully saturated rings. The number of nitrogens with two attached hydrogens (primary N) is 1. The van der Waals surface area contributed by atoms with Crippen molar-refractivity contribution in [2.24, 2.45) is 5.92 Å². The lowest BCUT2D eigenvalue weighted by Gasteiger charge is -2.14. The van der Waals surface area contributed by atoms with E-state index in [1.165, 1.54) is 0 Å². The third-order valence-electron chi connectivity index (χ3n) is 2.25. The number of hydrogen-bond acceptors (Lipinski definition) is 6. The predicted molar refractivity (Wildman–Crippen MR) is 67.6 cm³/mol. The first kappa shape index (κ1) is 13.6. The van der Waals surface area contributed by atoms with Crippen LogP contribution in [0.2, 0.25) is 0 Å². The lowest BCUT2D eigenvalue weighted by Crippen LogP contribution is -2.22. The Morgan fingerprint density at radius 3 is 2.59 bits per heavy atom. The zero-order valence-electron chi connectivity index (χ0n) is 10.6. The first-order valence-corrected chi connectivity index (χ1v) is 5.93. The Morgan fingerprint density at radius 1 is 1.29 bits per heavy atom. The van der Waals surface area contributed by atoms with Crippen molar-refractivity contribution >= 4 is 11.9 Å². The Bertz CT molecular complexity index is 356. The number of anilines is 2. The van der Waals surface area contributed by atoms with Crippen molar-refractivity contribution in [2.45, 2.75) is 39.7 Å². The molecule has 4 N–H and O–H groups in total. The molecule has 0 radical (unpaired) electrons. The normalized spacial score (nSPS) is 12.8. The molecular weight excluding hydrogens is 218 g/mol. The summed E-state index contributed by atoms with van der Waals surface area (Å²) in [4.78, 5) is 12.1. The van der Waals surface area contributed by atoms with Crippen LogP contribution in [0.3, 0.4) is 0 Å². The van der Waals surface area contributed by atoms with E-state index in [4.69, 9.17) is 5.73 Å². The zero-order chi connectivity index (χ0) is 12.8. The number of aryl methyl sites for hydroxylation is 1. The van der Waals surface area contributed by atoms with Gasteiger partial charge in [-0.3, -0.25) is 0 Å². The van der Waals surface area contributed by atoms with E-state index >= 15 is 0 Å². The van der Waals surface area contributed by atoms with Gasteiger partial charge in [-0.15, -0.1) is 0 Å². The highest BCUT2D eigenvalue weighted by molar-refractivity contribution is 5.31. The lowest BCUT2D eigenvalue weighted by molar-refractivity contribution is 0.161. The van der Waals surface area contributed by atoms with E-state index in [9.17, 15) is 5.11 Å². The number of aromatic nitrogens is 3. The van der Waals surface area contributed by atoms with Gasteiger partial charge in [0.25, 0.3) is 0 Å². The molecule has 6 nitrogen and oxygen atoms in total. The highest BCUT2D eigenvalue weighted by Crippen LogP contribution is 2.07. The van der Waals surface area contributed by atoms with Crippen LogP contribution in [0, 0.1) is 5.92 Å². The van der Waals surface area contributed by atoms with Crippen molar-refractivity contribution in [3.63, 3.8) is 0 Å². The SMILES string of the molecule is CCc1nc(N)nc(NCC(O)CC(C)C)n1. The Hall–Kier alpha value is -1.43. The summed E-state index contributed by atoms with van der Waals surface area (Å²) in [5, 5.41) is 12.7. The molecule has 6 heteroatoms. The Balaban J connectivity index is 2.54. The van der Waals surface area contributed by atoms with Crippen molar-refractivity contribution in [1.29, 1.82) is 0 Å². The molecule has 0 aliphatic heterocycles. The summed E-state index contributed by atoms with van der Waals surface area (Å²) in [6.07, 6.45) is 1.04. The maximum Gasteiger partial charge on any atom is 0.227 e. The summed E-state index contributed by atoms with van der Waals surface area (Å²) in [5.74, 6) is 1.75. The fourth-order valence-corrected chi connectivity index (χ4v) is 1.51. The Morgan fingerprint density at radius 2 is 2.00 bits per heavy atom. The topological polar surface area (TPSA) is 97.0 Å². The molecule has 1 heterocycles. The van der Waals surface area contributed by atoms with E-state index in [0.717, 1.165) is 6.42 Å². The summed E-state index contributed by atoms with van der Waals surface area (Å²) < 4.78 is 0. The first-order valence-electron chi connectivity index (χ1n) is 5.93. The standard InChI is InChI=1S/C11H21N5O/c1-4-9-14-10(12)16-11(15-9)13-6-8(17)5-7(2)3/h7-8,17H,4-6H2,1-3H3,(H3,12,13,14,15,16). The molecule has 1 aromatic heterocycles. The summed E-state index contributed by atoms with van der Waals surface area (Å²) in [5.41, 5.74) is 5.56. The van der Waals surface area contributed by atoms with Crippen LogP contribution in [-0.2, 0) is 6.42 Å². The van der Waals surface area contributed by atoms with E-state index in [2.05, 4.69) is 34.1 Å². The van der Waals surface area contributed by atoms with Gasteiger partial charge in [0.15, 0.2) is 0 Å². The van der Waals surface area contributed by atoms with Gasteiger partial charge in [-0.25, -0.2) is 0 Å². The van der Waals surface area contributed by atoms with Gasteiger partial charge in [-0.2, -0.15) is 15.0 Å². The monoisotopic (exact) mass is 239 g/mol. The third-order valence-corrected chi connectivity index (χ3v) is 2.25. The average molecular weight is 239 g/mol. The van der Waals surface area contributed by atoms with Crippen LogP contribution in [0.5, 0.6) is 0 Å². The molecule has 0 aliphatic carbocycles. The molecule has 1 aromatic rings. The second kappa shape index (κ2) is 6.34. The van der Waals surface area contributed by atoms with Gasteiger partial charge in [-0.05, 0) is 12.3 Å². The average Bonchev–Trinajstić information content (AvgIpc) is 2.24. The van der Waals surface area contributed by atoms with Crippen LogP contribution in [-0.4, -0.2) is 32.7 Å². The van der Waals surface area contributed by atoms with Gasteiger partial charge < -0.3 is 16.2 Å². The highest BCUT2D eigenvalue weighted by atomic mass is 16.3. The molecule has 0 aromatic carbocycles. The summed E-state index contributed by atoms with van der Waals surface area (Å²) >= 11 is 0. The second-order valence-electron chi connectivity index (χ2n) is 4.45. The third kappa shape index (κ3) is 4.95. The van der Waals surface area contributed by atoms with Gasteiger partial charge in [0.1, 0.15) is 5.82 Å². The van der Waals surface area contributed by atoms with Crippen LogP contribution >= 0.6 is 0 Å². The maximum absolute atomic E-state index is 9.71. The summed E-state index contributed by atoms with van der Waals surface area (Å²) in [6, 6.07) is 0. The minimum Gasteiger partial charge on any atom is -0.391 e. The van der Waals surface area contributed by atoms with Crippen molar-refractivity contribution < 1.29 is 5.11 Å². The number of hydrogen-bond donors (Lipinski definition) is 3. The van der Waals surface area contributed by atoms with Crippen LogP contribution in [0.4, 0.5) is 11.9 Å². The molecule has 1 atom stereocenters. The largest absolute Gasteiger partial charge is 0.391 e. The summed E-state index contributed by atoms with van der Waals surface area (Å²) in [7, 11) is 0. The number of nitrogen functional groups attached to an aromatic ring is 1.